The van der Waals surface area contributed by atoms with Gasteiger partial charge < -0.3 is 15.5 Å². The molecule has 2 aromatic heterocycles. The second kappa shape index (κ2) is 7.99. The number of primary amides is 1. The summed E-state index contributed by atoms with van der Waals surface area (Å²) in [5.74, 6) is 1.19. The molecule has 0 aromatic carbocycles. The Labute approximate surface area is 170 Å². The third kappa shape index (κ3) is 4.19. The van der Waals surface area contributed by atoms with E-state index in [9.17, 15) is 9.59 Å². The SMILES string of the molecule is CC(C(N)=O)(c1ccc(OCC2CC2)cn1)N1CCC[C@@H](c2ccc(=O)[nH]c2)C1. The lowest BCUT2D eigenvalue weighted by Crippen LogP contribution is -2.56. The van der Waals surface area contributed by atoms with Crippen LogP contribution in [-0.2, 0) is 10.3 Å². The number of carbonyl (C=O) groups is 1. The number of H-pyrrole nitrogens is 1. The zero-order valence-corrected chi connectivity index (χ0v) is 16.8. The normalized spacial score (nSPS) is 22.0. The number of carbonyl (C=O) groups excluding carboxylic acids is 1. The van der Waals surface area contributed by atoms with E-state index in [2.05, 4.69) is 14.9 Å². The predicted octanol–water partition coefficient (Wildman–Crippen LogP) is 2.14. The van der Waals surface area contributed by atoms with Gasteiger partial charge in [0.15, 0.2) is 0 Å². The van der Waals surface area contributed by atoms with Crippen molar-refractivity contribution in [1.29, 1.82) is 0 Å². The number of piperidine rings is 1. The van der Waals surface area contributed by atoms with E-state index in [1.54, 1.807) is 18.5 Å². The fraction of sp³-hybridized carbons (Fsp3) is 0.500. The molecule has 0 radical (unpaired) electrons. The van der Waals surface area contributed by atoms with Crippen LogP contribution in [0.25, 0.3) is 0 Å². The maximum atomic E-state index is 12.6. The molecular formula is C22H28N4O3. The van der Waals surface area contributed by atoms with Crippen molar-refractivity contribution in [2.45, 2.75) is 44.1 Å². The van der Waals surface area contributed by atoms with Gasteiger partial charge in [-0.15, -0.1) is 0 Å². The Balaban J connectivity index is 1.54. The summed E-state index contributed by atoms with van der Waals surface area (Å²) in [4.78, 5) is 33.3. The van der Waals surface area contributed by atoms with Crippen molar-refractivity contribution in [3.63, 3.8) is 0 Å². The molecule has 2 fully saturated rings. The minimum atomic E-state index is -1.00. The number of amides is 1. The highest BCUT2D eigenvalue weighted by molar-refractivity contribution is 5.85. The highest BCUT2D eigenvalue weighted by Gasteiger charge is 2.43. The van der Waals surface area contributed by atoms with E-state index >= 15 is 0 Å². The van der Waals surface area contributed by atoms with E-state index < -0.39 is 11.4 Å². The maximum Gasteiger partial charge on any atom is 0.247 e. The molecule has 1 aliphatic heterocycles. The van der Waals surface area contributed by atoms with Crippen LogP contribution in [-0.4, -0.2) is 40.5 Å². The molecule has 1 unspecified atom stereocenters. The molecule has 1 saturated carbocycles. The molecule has 2 aliphatic rings. The molecule has 7 heteroatoms. The summed E-state index contributed by atoms with van der Waals surface area (Å²) in [5.41, 5.74) is 6.46. The first-order valence-corrected chi connectivity index (χ1v) is 10.3. The molecule has 3 heterocycles. The molecule has 2 atom stereocenters. The minimum absolute atomic E-state index is 0.114. The first-order chi connectivity index (χ1) is 14.0. The van der Waals surface area contributed by atoms with Gasteiger partial charge in [0, 0.05) is 18.8 Å². The smallest absolute Gasteiger partial charge is 0.247 e. The van der Waals surface area contributed by atoms with E-state index in [1.165, 1.54) is 12.8 Å². The number of likely N-dealkylation sites (tertiary alicyclic amines) is 1. The van der Waals surface area contributed by atoms with Gasteiger partial charge in [-0.3, -0.25) is 19.5 Å². The summed E-state index contributed by atoms with van der Waals surface area (Å²) in [7, 11) is 0. The van der Waals surface area contributed by atoms with Gasteiger partial charge in [-0.05, 0) is 68.7 Å². The number of hydrogen-bond acceptors (Lipinski definition) is 5. The molecule has 3 N–H and O–H groups in total. The largest absolute Gasteiger partial charge is 0.492 e. The monoisotopic (exact) mass is 396 g/mol. The van der Waals surface area contributed by atoms with Gasteiger partial charge >= 0.3 is 0 Å². The van der Waals surface area contributed by atoms with E-state index in [0.29, 0.717) is 18.2 Å². The Morgan fingerprint density at radius 1 is 1.31 bits per heavy atom. The standard InChI is InChI=1S/C22H28N4O3/c1-22(21(23)28,19-8-7-18(12-24-19)29-14-15-4-5-15)26-10-2-3-17(13-26)16-6-9-20(27)25-11-16/h6-9,11-12,15,17H,2-5,10,13-14H2,1H3,(H2,23,28)(H,25,27)/t17-,22?/m1/s1. The number of nitrogens with two attached hydrogens (primary N) is 1. The molecule has 7 nitrogen and oxygen atoms in total. The highest BCUT2D eigenvalue weighted by Crippen LogP contribution is 2.35. The third-order valence-corrected chi connectivity index (χ3v) is 6.23. The van der Waals surface area contributed by atoms with Gasteiger partial charge in [0.2, 0.25) is 11.5 Å². The molecule has 1 saturated heterocycles. The molecule has 2 aromatic rings. The summed E-state index contributed by atoms with van der Waals surface area (Å²) in [5, 5.41) is 0. The molecule has 1 aliphatic carbocycles. The van der Waals surface area contributed by atoms with E-state index in [0.717, 1.165) is 37.3 Å². The van der Waals surface area contributed by atoms with Gasteiger partial charge in [-0.25, -0.2) is 0 Å². The van der Waals surface area contributed by atoms with Gasteiger partial charge in [0.1, 0.15) is 11.3 Å². The summed E-state index contributed by atoms with van der Waals surface area (Å²) in [6.07, 6.45) is 7.85. The Bertz CT molecular complexity index is 902. The van der Waals surface area contributed by atoms with Crippen molar-refractivity contribution in [1.82, 2.24) is 14.9 Å². The Morgan fingerprint density at radius 3 is 2.76 bits per heavy atom. The van der Waals surface area contributed by atoms with Crippen LogP contribution in [0.15, 0.2) is 41.5 Å². The average molecular weight is 396 g/mol. The van der Waals surface area contributed by atoms with E-state index in [4.69, 9.17) is 10.5 Å². The van der Waals surface area contributed by atoms with Crippen molar-refractivity contribution < 1.29 is 9.53 Å². The number of rotatable bonds is 7. The van der Waals surface area contributed by atoms with E-state index in [1.807, 2.05) is 25.1 Å². The van der Waals surface area contributed by atoms with Crippen molar-refractivity contribution in [2.75, 3.05) is 19.7 Å². The number of aromatic nitrogens is 2. The Kier molecular flexibility index (Phi) is 5.41. The molecular weight excluding hydrogens is 368 g/mol. The number of ether oxygens (including phenoxy) is 1. The summed E-state index contributed by atoms with van der Waals surface area (Å²) in [6, 6.07) is 7.12. The molecule has 1 amide bonds. The van der Waals surface area contributed by atoms with Crippen LogP contribution in [0.2, 0.25) is 0 Å². The lowest BCUT2D eigenvalue weighted by atomic mass is 9.85. The fourth-order valence-electron chi connectivity index (χ4n) is 4.03. The first-order valence-electron chi connectivity index (χ1n) is 10.3. The molecule has 0 spiro atoms. The van der Waals surface area contributed by atoms with Crippen LogP contribution >= 0.6 is 0 Å². The quantitative estimate of drug-likeness (QED) is 0.747. The van der Waals surface area contributed by atoms with Crippen molar-refractivity contribution in [3.8, 4) is 5.75 Å². The molecule has 0 bridgehead atoms. The van der Waals surface area contributed by atoms with Crippen molar-refractivity contribution in [2.24, 2.45) is 11.7 Å². The Morgan fingerprint density at radius 2 is 2.14 bits per heavy atom. The van der Waals surface area contributed by atoms with Gasteiger partial charge in [-0.2, -0.15) is 0 Å². The molecule has 4 rings (SSSR count). The average Bonchev–Trinajstić information content (AvgIpc) is 3.57. The van der Waals surface area contributed by atoms with Crippen LogP contribution in [0.5, 0.6) is 5.75 Å². The summed E-state index contributed by atoms with van der Waals surface area (Å²) < 4.78 is 5.77. The van der Waals surface area contributed by atoms with Crippen LogP contribution in [0.3, 0.4) is 0 Å². The predicted molar refractivity (Wildman–Crippen MR) is 110 cm³/mol. The second-order valence-corrected chi connectivity index (χ2v) is 8.34. The van der Waals surface area contributed by atoms with Crippen LogP contribution in [0, 0.1) is 5.92 Å². The first kappa shape index (κ1) is 19.6. The zero-order chi connectivity index (χ0) is 20.4. The number of pyridine rings is 2. The molecule has 29 heavy (non-hydrogen) atoms. The third-order valence-electron chi connectivity index (χ3n) is 6.23. The zero-order valence-electron chi connectivity index (χ0n) is 16.8. The fourth-order valence-corrected chi connectivity index (χ4v) is 4.03. The van der Waals surface area contributed by atoms with Crippen LogP contribution < -0.4 is 16.0 Å². The maximum absolute atomic E-state index is 12.6. The van der Waals surface area contributed by atoms with Crippen LogP contribution in [0.1, 0.15) is 49.8 Å². The lowest BCUT2D eigenvalue weighted by molar-refractivity contribution is -0.131. The summed E-state index contributed by atoms with van der Waals surface area (Å²) >= 11 is 0. The topological polar surface area (TPSA) is 101 Å². The number of nitrogens with zero attached hydrogens (tertiary/aromatic N) is 2. The van der Waals surface area contributed by atoms with Crippen molar-refractivity contribution >= 4 is 5.91 Å². The lowest BCUT2D eigenvalue weighted by Gasteiger charge is -2.43. The highest BCUT2D eigenvalue weighted by atomic mass is 16.5. The minimum Gasteiger partial charge on any atom is -0.492 e. The molecule has 154 valence electrons. The number of nitrogens with one attached hydrogen (secondary N) is 1. The number of hydrogen-bond donors (Lipinski definition) is 2. The number of aromatic amines is 1. The van der Waals surface area contributed by atoms with Crippen LogP contribution in [0.4, 0.5) is 0 Å². The second-order valence-electron chi connectivity index (χ2n) is 8.34. The summed E-state index contributed by atoms with van der Waals surface area (Å²) in [6.45, 7) is 4.01. The van der Waals surface area contributed by atoms with Gasteiger partial charge in [-0.1, -0.05) is 6.07 Å². The van der Waals surface area contributed by atoms with Crippen molar-refractivity contribution in [3.05, 3.63) is 58.3 Å². The van der Waals surface area contributed by atoms with E-state index in [-0.39, 0.29) is 11.5 Å². The van der Waals surface area contributed by atoms with Gasteiger partial charge in [0.25, 0.3) is 0 Å². The van der Waals surface area contributed by atoms with Gasteiger partial charge in [0.05, 0.1) is 18.5 Å². The Hall–Kier alpha value is -2.67.